The standard InChI is InChI=1S/C11H6F17NO3S/c12-4(13,6(16,17)8(20,21)10(24,25)26)5(14,15)7(18,19)9(22,23)11(27,28)33(30,31)29-1-3-2-32-3/h3,29H,1-2H2. The summed E-state index contributed by atoms with van der Waals surface area (Å²) in [5.74, 6) is -51.6. The van der Waals surface area contributed by atoms with Crippen molar-refractivity contribution in [3.05, 3.63) is 0 Å². The second-order valence-corrected chi connectivity index (χ2v) is 8.08. The van der Waals surface area contributed by atoms with E-state index in [0.717, 1.165) is 0 Å². The molecule has 0 aromatic rings. The van der Waals surface area contributed by atoms with Crippen molar-refractivity contribution in [2.45, 2.75) is 53.1 Å². The average molecular weight is 555 g/mol. The maximum Gasteiger partial charge on any atom is 0.460 e. The monoisotopic (exact) mass is 555 g/mol. The van der Waals surface area contributed by atoms with Crippen molar-refractivity contribution >= 4 is 10.0 Å². The highest BCUT2D eigenvalue weighted by atomic mass is 32.2. The minimum Gasteiger partial charge on any atom is -0.372 e. The molecule has 0 aliphatic carbocycles. The Labute approximate surface area is 170 Å². The lowest BCUT2D eigenvalue weighted by Gasteiger charge is -2.42. The number of hydrogen-bond acceptors (Lipinski definition) is 3. The predicted molar refractivity (Wildman–Crippen MR) is 67.3 cm³/mol. The summed E-state index contributed by atoms with van der Waals surface area (Å²) in [4.78, 5) is 0. The number of rotatable bonds is 10. The van der Waals surface area contributed by atoms with E-state index in [4.69, 9.17) is 0 Å². The average Bonchev–Trinajstić information content (AvgIpc) is 3.42. The molecule has 1 atom stereocenters. The Hall–Kier alpha value is -1.32. The first-order chi connectivity index (χ1) is 14.1. The van der Waals surface area contributed by atoms with E-state index < -0.39 is 76.2 Å². The van der Waals surface area contributed by atoms with Crippen LogP contribution in [0.2, 0.25) is 0 Å². The summed E-state index contributed by atoms with van der Waals surface area (Å²) in [7, 11) is -7.24. The molecule has 198 valence electrons. The van der Waals surface area contributed by atoms with Crippen LogP contribution in [0, 0.1) is 0 Å². The number of ether oxygens (including phenoxy) is 1. The highest BCUT2D eigenvalue weighted by Gasteiger charge is 2.96. The SMILES string of the molecule is O=S(=O)(NCC1CO1)C(F)(F)C(F)(F)C(F)(F)C(F)(F)C(F)(F)C(F)(F)C(F)(F)C(F)(F)F. The molecule has 4 nitrogen and oxygen atoms in total. The van der Waals surface area contributed by atoms with E-state index in [-0.39, 0.29) is 0 Å². The molecular formula is C11H6F17NO3S. The smallest absolute Gasteiger partial charge is 0.372 e. The summed E-state index contributed by atoms with van der Waals surface area (Å²) >= 11 is 0. The number of nitrogens with one attached hydrogen (secondary N) is 1. The van der Waals surface area contributed by atoms with Crippen LogP contribution in [0.1, 0.15) is 0 Å². The topological polar surface area (TPSA) is 58.7 Å². The molecule has 0 spiro atoms. The lowest BCUT2D eigenvalue weighted by molar-refractivity contribution is -0.458. The minimum atomic E-state index is -8.83. The first-order valence-corrected chi connectivity index (χ1v) is 8.88. The van der Waals surface area contributed by atoms with E-state index in [1.165, 1.54) is 0 Å². The van der Waals surface area contributed by atoms with Crippen molar-refractivity contribution in [3.63, 3.8) is 0 Å². The molecule has 1 rings (SSSR count). The second-order valence-electron chi connectivity index (χ2n) is 6.27. The van der Waals surface area contributed by atoms with Crippen molar-refractivity contribution in [3.8, 4) is 0 Å². The van der Waals surface area contributed by atoms with Crippen LogP contribution in [0.15, 0.2) is 0 Å². The zero-order valence-electron chi connectivity index (χ0n) is 14.5. The lowest BCUT2D eigenvalue weighted by atomic mass is 9.91. The van der Waals surface area contributed by atoms with Gasteiger partial charge in [0.15, 0.2) is 0 Å². The van der Waals surface area contributed by atoms with E-state index in [1.807, 2.05) is 0 Å². The maximum atomic E-state index is 13.6. The van der Waals surface area contributed by atoms with Crippen LogP contribution in [-0.4, -0.2) is 74.6 Å². The Bertz CT molecular complexity index is 845. The van der Waals surface area contributed by atoms with E-state index in [9.17, 15) is 83.1 Å². The molecule has 1 aliphatic rings. The van der Waals surface area contributed by atoms with Crippen LogP contribution < -0.4 is 4.72 Å². The summed E-state index contributed by atoms with van der Waals surface area (Å²) in [6.45, 7) is -1.80. The van der Waals surface area contributed by atoms with Gasteiger partial charge in [0.05, 0.1) is 12.7 Å². The Morgan fingerprint density at radius 1 is 0.606 bits per heavy atom. The highest BCUT2D eigenvalue weighted by Crippen LogP contribution is 2.64. The molecule has 1 aliphatic heterocycles. The van der Waals surface area contributed by atoms with Gasteiger partial charge >= 0.3 is 47.0 Å². The van der Waals surface area contributed by atoms with Gasteiger partial charge in [-0.15, -0.1) is 0 Å². The summed E-state index contributed by atoms with van der Waals surface area (Å²) in [6, 6.07) is 0. The third-order valence-corrected chi connectivity index (χ3v) is 5.41. The predicted octanol–water partition coefficient (Wildman–Crippen LogP) is 4.27. The zero-order valence-corrected chi connectivity index (χ0v) is 15.4. The van der Waals surface area contributed by atoms with Gasteiger partial charge in [-0.3, -0.25) is 0 Å². The molecule has 1 unspecified atom stereocenters. The Morgan fingerprint density at radius 2 is 0.909 bits per heavy atom. The van der Waals surface area contributed by atoms with Crippen LogP contribution >= 0.6 is 0 Å². The molecule has 1 heterocycles. The number of hydrogen-bond donors (Lipinski definition) is 1. The van der Waals surface area contributed by atoms with Crippen molar-refractivity contribution in [2.24, 2.45) is 0 Å². The fraction of sp³-hybridized carbons (Fsp3) is 1.00. The van der Waals surface area contributed by atoms with Crippen LogP contribution in [0.3, 0.4) is 0 Å². The molecule has 33 heavy (non-hydrogen) atoms. The van der Waals surface area contributed by atoms with Crippen LogP contribution in [0.4, 0.5) is 74.6 Å². The van der Waals surface area contributed by atoms with Crippen molar-refractivity contribution < 1.29 is 87.8 Å². The summed E-state index contributed by atoms with van der Waals surface area (Å²) in [5.41, 5.74) is 0. The molecule has 0 aromatic heterocycles. The molecule has 22 heteroatoms. The fourth-order valence-electron chi connectivity index (χ4n) is 1.80. The molecule has 1 fully saturated rings. The summed E-state index contributed by atoms with van der Waals surface area (Å²) in [6.07, 6.45) is -9.17. The maximum absolute atomic E-state index is 13.6. The van der Waals surface area contributed by atoms with Crippen molar-refractivity contribution in [1.29, 1.82) is 0 Å². The number of alkyl halides is 17. The number of halogens is 17. The summed E-state index contributed by atoms with van der Waals surface area (Å²) < 4.78 is 249. The minimum absolute atomic E-state index is 0.409. The molecule has 0 amide bonds. The van der Waals surface area contributed by atoms with Crippen LogP contribution in [-0.2, 0) is 14.8 Å². The van der Waals surface area contributed by atoms with E-state index in [2.05, 4.69) is 4.74 Å². The quantitative estimate of drug-likeness (QED) is 0.324. The third-order valence-electron chi connectivity index (χ3n) is 3.93. The van der Waals surface area contributed by atoms with Crippen molar-refractivity contribution in [2.75, 3.05) is 13.2 Å². The Morgan fingerprint density at radius 3 is 1.21 bits per heavy atom. The molecule has 0 saturated carbocycles. The van der Waals surface area contributed by atoms with Crippen LogP contribution in [0.5, 0.6) is 0 Å². The number of epoxide rings is 1. The Balaban J connectivity index is 3.59. The first-order valence-electron chi connectivity index (χ1n) is 7.40. The van der Waals surface area contributed by atoms with E-state index in [0.29, 0.717) is 4.72 Å². The zero-order chi connectivity index (χ0) is 26.9. The van der Waals surface area contributed by atoms with Gasteiger partial charge in [-0.2, -0.15) is 74.6 Å². The largest absolute Gasteiger partial charge is 0.460 e. The van der Waals surface area contributed by atoms with Gasteiger partial charge in [-0.05, 0) is 0 Å². The first kappa shape index (κ1) is 29.7. The van der Waals surface area contributed by atoms with Gasteiger partial charge in [0.1, 0.15) is 0 Å². The van der Waals surface area contributed by atoms with Gasteiger partial charge in [0.2, 0.25) is 0 Å². The van der Waals surface area contributed by atoms with Gasteiger partial charge in [0, 0.05) is 6.54 Å². The molecule has 0 bridgehead atoms. The fourth-order valence-corrected chi connectivity index (χ4v) is 2.85. The molecule has 1 N–H and O–H groups in total. The second kappa shape index (κ2) is 7.59. The number of sulfonamides is 1. The normalized spacial score (nSPS) is 20.2. The highest BCUT2D eigenvalue weighted by molar-refractivity contribution is 7.90. The Kier molecular flexibility index (Phi) is 6.83. The van der Waals surface area contributed by atoms with Gasteiger partial charge in [-0.1, -0.05) is 0 Å². The van der Waals surface area contributed by atoms with Gasteiger partial charge in [0.25, 0.3) is 10.0 Å². The third kappa shape index (κ3) is 3.97. The molecule has 0 radical (unpaired) electrons. The summed E-state index contributed by atoms with van der Waals surface area (Å²) in [5, 5.41) is -7.54. The molecular weight excluding hydrogens is 549 g/mol. The van der Waals surface area contributed by atoms with Gasteiger partial charge in [-0.25, -0.2) is 13.1 Å². The van der Waals surface area contributed by atoms with Crippen LogP contribution in [0.25, 0.3) is 0 Å². The molecule has 1 saturated heterocycles. The van der Waals surface area contributed by atoms with Crippen molar-refractivity contribution in [1.82, 2.24) is 4.72 Å². The lowest BCUT2D eigenvalue weighted by Crippen LogP contribution is -2.75. The van der Waals surface area contributed by atoms with E-state index >= 15 is 0 Å². The van der Waals surface area contributed by atoms with E-state index in [1.54, 1.807) is 0 Å². The molecule has 0 aromatic carbocycles. The van der Waals surface area contributed by atoms with Gasteiger partial charge < -0.3 is 4.74 Å².